The van der Waals surface area contributed by atoms with E-state index in [4.69, 9.17) is 4.99 Å². The van der Waals surface area contributed by atoms with Crippen molar-refractivity contribution in [2.45, 2.75) is 25.8 Å². The second-order valence-corrected chi connectivity index (χ2v) is 7.11. The van der Waals surface area contributed by atoms with Gasteiger partial charge in [0, 0.05) is 40.2 Å². The fourth-order valence-electron chi connectivity index (χ4n) is 4.01. The molecule has 2 aliphatic heterocycles. The van der Waals surface area contributed by atoms with Crippen LogP contribution in [0.4, 0.5) is 19.0 Å². The Morgan fingerprint density at radius 1 is 1.03 bits per heavy atom. The smallest absolute Gasteiger partial charge is 0.194 e. The van der Waals surface area contributed by atoms with E-state index >= 15 is 0 Å². The summed E-state index contributed by atoms with van der Waals surface area (Å²) < 4.78 is 42.2. The minimum absolute atomic E-state index is 0.0115. The highest BCUT2D eigenvalue weighted by molar-refractivity contribution is 5.98. The second kappa shape index (κ2) is 6.62. The van der Waals surface area contributed by atoms with E-state index in [1.54, 1.807) is 6.20 Å². The lowest BCUT2D eigenvalue weighted by Crippen LogP contribution is -2.27. The predicted molar refractivity (Wildman–Crippen MR) is 105 cm³/mol. The van der Waals surface area contributed by atoms with Crippen LogP contribution in [0.15, 0.2) is 52.7 Å². The molecule has 3 aromatic rings. The molecule has 2 aliphatic rings. The van der Waals surface area contributed by atoms with Crippen molar-refractivity contribution in [3.8, 4) is 0 Å². The average Bonchev–Trinajstić information content (AvgIpc) is 2.99. The van der Waals surface area contributed by atoms with Crippen molar-refractivity contribution in [2.75, 3.05) is 5.43 Å². The Kier molecular flexibility index (Phi) is 4.04. The summed E-state index contributed by atoms with van der Waals surface area (Å²) >= 11 is 0. The molecule has 0 aliphatic carbocycles. The Labute approximate surface area is 164 Å². The summed E-state index contributed by atoms with van der Waals surface area (Å²) in [5.74, 6) is -3.25. The van der Waals surface area contributed by atoms with Crippen LogP contribution in [0.5, 0.6) is 0 Å². The summed E-state index contributed by atoms with van der Waals surface area (Å²) in [5.41, 5.74) is 6.57. The zero-order valence-electron chi connectivity index (χ0n) is 15.6. The monoisotopic (exact) mass is 394 g/mol. The molecule has 4 nitrogen and oxygen atoms in total. The molecule has 1 atom stereocenters. The summed E-state index contributed by atoms with van der Waals surface area (Å²) in [7, 11) is 0. The molecular formula is C22H17F3N4. The topological polar surface area (TPSA) is 52.5 Å². The largest absolute Gasteiger partial charge is 0.346 e. The highest BCUT2D eigenvalue weighted by atomic mass is 19.2. The van der Waals surface area contributed by atoms with Gasteiger partial charge in [0.1, 0.15) is 11.9 Å². The van der Waals surface area contributed by atoms with E-state index in [2.05, 4.69) is 15.5 Å². The molecule has 0 spiro atoms. The number of H-pyrrole nitrogens is 1. The molecule has 0 saturated heterocycles. The molecule has 0 fully saturated rings. The van der Waals surface area contributed by atoms with Gasteiger partial charge in [-0.2, -0.15) is 5.10 Å². The normalized spacial score (nSPS) is 17.3. The molecule has 0 saturated carbocycles. The van der Waals surface area contributed by atoms with Crippen molar-refractivity contribution in [2.24, 2.45) is 10.1 Å². The Bertz CT molecular complexity index is 1290. The Balaban J connectivity index is 1.85. The maximum Gasteiger partial charge on any atom is 0.194 e. The first kappa shape index (κ1) is 17.7. The molecule has 2 N–H and O–H groups in total. The number of aromatic nitrogens is 1. The second-order valence-electron chi connectivity index (χ2n) is 7.11. The SMILES string of the molecule is CCC1=NNc2[nH]cc3c2C(=c2ccccc2=NC3c2ccc(F)c(F)c2F)C1. The van der Waals surface area contributed by atoms with Gasteiger partial charge in [0.2, 0.25) is 0 Å². The fraction of sp³-hybridized carbons (Fsp3) is 0.182. The van der Waals surface area contributed by atoms with E-state index in [0.29, 0.717) is 23.2 Å². The summed E-state index contributed by atoms with van der Waals surface area (Å²) in [6, 6.07) is 8.97. The molecule has 146 valence electrons. The lowest BCUT2D eigenvalue weighted by atomic mass is 9.91. The van der Waals surface area contributed by atoms with Crippen LogP contribution < -0.4 is 16.0 Å². The van der Waals surface area contributed by atoms with Crippen LogP contribution in [0.3, 0.4) is 0 Å². The molecule has 5 rings (SSSR count). The lowest BCUT2D eigenvalue weighted by Gasteiger charge is -2.15. The Morgan fingerprint density at radius 2 is 1.86 bits per heavy atom. The van der Waals surface area contributed by atoms with E-state index in [9.17, 15) is 13.2 Å². The number of hydrogen-bond donors (Lipinski definition) is 2. The van der Waals surface area contributed by atoms with Crippen molar-refractivity contribution in [3.63, 3.8) is 0 Å². The van der Waals surface area contributed by atoms with E-state index < -0.39 is 23.5 Å². The van der Waals surface area contributed by atoms with Gasteiger partial charge in [-0.05, 0) is 24.1 Å². The highest BCUT2D eigenvalue weighted by Crippen LogP contribution is 2.39. The summed E-state index contributed by atoms with van der Waals surface area (Å²) in [6.07, 6.45) is 3.11. The predicted octanol–water partition coefficient (Wildman–Crippen LogP) is 3.94. The Morgan fingerprint density at radius 3 is 2.69 bits per heavy atom. The van der Waals surface area contributed by atoms with Crippen LogP contribution in [0, 0.1) is 17.5 Å². The molecule has 1 unspecified atom stereocenters. The van der Waals surface area contributed by atoms with Gasteiger partial charge in [0.05, 0.1) is 5.36 Å². The van der Waals surface area contributed by atoms with Crippen LogP contribution in [0.1, 0.15) is 42.5 Å². The molecular weight excluding hydrogens is 377 g/mol. The van der Waals surface area contributed by atoms with Crippen LogP contribution in [-0.4, -0.2) is 10.7 Å². The van der Waals surface area contributed by atoms with Crippen LogP contribution in [-0.2, 0) is 0 Å². The third-order valence-corrected chi connectivity index (χ3v) is 5.48. The van der Waals surface area contributed by atoms with Crippen molar-refractivity contribution >= 4 is 17.1 Å². The van der Waals surface area contributed by atoms with Gasteiger partial charge >= 0.3 is 0 Å². The van der Waals surface area contributed by atoms with Crippen LogP contribution >= 0.6 is 0 Å². The number of para-hydroxylation sites is 1. The van der Waals surface area contributed by atoms with Gasteiger partial charge in [-0.3, -0.25) is 10.4 Å². The Hall–Kier alpha value is -3.35. The molecule has 1 aromatic heterocycles. The number of hydrazone groups is 1. The minimum Gasteiger partial charge on any atom is -0.346 e. The molecule has 29 heavy (non-hydrogen) atoms. The lowest BCUT2D eigenvalue weighted by molar-refractivity contribution is 0.438. The van der Waals surface area contributed by atoms with Gasteiger partial charge in [-0.15, -0.1) is 0 Å². The van der Waals surface area contributed by atoms with Crippen LogP contribution in [0.2, 0.25) is 0 Å². The number of benzene rings is 2. The first-order chi connectivity index (χ1) is 14.1. The number of fused-ring (bicyclic) bond motifs is 1. The number of anilines is 1. The number of hydrogen-bond acceptors (Lipinski definition) is 3. The molecule has 7 heteroatoms. The zero-order chi connectivity index (χ0) is 20.1. The third kappa shape index (κ3) is 2.68. The molecule has 0 amide bonds. The quantitative estimate of drug-likeness (QED) is 0.636. The van der Waals surface area contributed by atoms with Gasteiger partial charge in [0.15, 0.2) is 17.5 Å². The van der Waals surface area contributed by atoms with Gasteiger partial charge in [-0.1, -0.05) is 31.2 Å². The van der Waals surface area contributed by atoms with Gasteiger partial charge < -0.3 is 4.98 Å². The first-order valence-electron chi connectivity index (χ1n) is 9.41. The van der Waals surface area contributed by atoms with Crippen molar-refractivity contribution in [1.29, 1.82) is 0 Å². The molecule has 2 aromatic carbocycles. The minimum atomic E-state index is -1.49. The number of nitrogens with zero attached hydrogens (tertiary/aromatic N) is 2. The maximum absolute atomic E-state index is 14.7. The summed E-state index contributed by atoms with van der Waals surface area (Å²) in [5, 5.41) is 6.07. The van der Waals surface area contributed by atoms with Crippen molar-refractivity contribution in [1.82, 2.24) is 4.98 Å². The summed E-state index contributed by atoms with van der Waals surface area (Å²) in [4.78, 5) is 7.91. The van der Waals surface area contributed by atoms with E-state index in [-0.39, 0.29) is 5.56 Å². The zero-order valence-corrected chi connectivity index (χ0v) is 15.6. The molecule has 0 bridgehead atoms. The van der Waals surface area contributed by atoms with E-state index in [1.165, 1.54) is 6.07 Å². The van der Waals surface area contributed by atoms with E-state index in [1.807, 2.05) is 31.2 Å². The van der Waals surface area contributed by atoms with Gasteiger partial charge in [-0.25, -0.2) is 13.2 Å². The molecule has 0 radical (unpaired) electrons. The van der Waals surface area contributed by atoms with Crippen molar-refractivity contribution in [3.05, 3.63) is 87.3 Å². The number of nitrogens with one attached hydrogen (secondary N) is 2. The highest BCUT2D eigenvalue weighted by Gasteiger charge is 2.30. The molecule has 3 heterocycles. The standard InChI is InChI=1S/C22H17F3N4/c1-2-11-9-14-12-5-3-4-6-17(12)27-21(13-7-8-16(23)20(25)19(13)24)15-10-26-22(18(14)15)29-28-11/h3-8,10,21,26,29H,2,9H2,1H3. The van der Waals surface area contributed by atoms with Crippen LogP contribution in [0.25, 0.3) is 5.57 Å². The number of rotatable bonds is 2. The summed E-state index contributed by atoms with van der Waals surface area (Å²) in [6.45, 7) is 2.04. The van der Waals surface area contributed by atoms with Gasteiger partial charge in [0.25, 0.3) is 0 Å². The first-order valence-corrected chi connectivity index (χ1v) is 9.41. The fourth-order valence-corrected chi connectivity index (χ4v) is 4.01. The number of aromatic amines is 1. The average molecular weight is 394 g/mol. The maximum atomic E-state index is 14.7. The van der Waals surface area contributed by atoms with Crippen molar-refractivity contribution < 1.29 is 13.2 Å². The number of halogens is 3. The third-order valence-electron chi connectivity index (χ3n) is 5.48. The van der Waals surface area contributed by atoms with E-state index in [0.717, 1.165) is 34.6 Å².